The van der Waals surface area contributed by atoms with E-state index in [1.165, 1.54) is 16.7 Å². The molecule has 0 N–H and O–H groups in total. The molecule has 1 fully saturated rings. The molecule has 1 aromatic carbocycles. The zero-order chi connectivity index (χ0) is 20.6. The van der Waals surface area contributed by atoms with Gasteiger partial charge in [0.2, 0.25) is 13.8 Å². The lowest BCUT2D eigenvalue weighted by molar-refractivity contribution is -0.130. The third-order valence-corrected chi connectivity index (χ3v) is 4.71. The first-order valence-corrected chi connectivity index (χ1v) is 9.26. The van der Waals surface area contributed by atoms with E-state index in [1.54, 1.807) is 29.2 Å². The van der Waals surface area contributed by atoms with Crippen LogP contribution in [-0.2, 0) is 11.3 Å². The number of rotatable bonds is 5. The van der Waals surface area contributed by atoms with Crippen molar-refractivity contribution in [3.8, 4) is 17.0 Å². The second kappa shape index (κ2) is 7.34. The molecule has 1 saturated heterocycles. The van der Waals surface area contributed by atoms with Gasteiger partial charge in [0.05, 0.1) is 5.69 Å². The van der Waals surface area contributed by atoms with Crippen LogP contribution in [0.15, 0.2) is 45.6 Å². The summed E-state index contributed by atoms with van der Waals surface area (Å²) >= 11 is 0. The Kier molecular flexibility index (Phi) is 4.85. The smallest absolute Gasteiger partial charge is 0.421 e. The van der Waals surface area contributed by atoms with Crippen LogP contribution in [0.4, 0.5) is 8.78 Å². The molecule has 4 rings (SSSR count). The molecule has 0 unspecified atom stereocenters. The van der Waals surface area contributed by atoms with Gasteiger partial charge >= 0.3 is 11.8 Å². The highest BCUT2D eigenvalue weighted by Crippen LogP contribution is 2.25. The van der Waals surface area contributed by atoms with Gasteiger partial charge < -0.3 is 14.1 Å². The van der Waals surface area contributed by atoms with E-state index in [-0.39, 0.29) is 29.4 Å². The number of ether oxygens (including phenoxy) is 1. The van der Waals surface area contributed by atoms with Gasteiger partial charge in [-0.1, -0.05) is 0 Å². The minimum Gasteiger partial charge on any atom is -0.441 e. The van der Waals surface area contributed by atoms with Crippen molar-refractivity contribution < 1.29 is 22.7 Å². The zero-order valence-corrected chi connectivity index (χ0v) is 15.7. The lowest BCUT2D eigenvalue weighted by Gasteiger charge is -2.15. The van der Waals surface area contributed by atoms with Crippen LogP contribution in [-0.4, -0.2) is 47.3 Å². The fourth-order valence-corrected chi connectivity index (χ4v) is 3.35. The second-order valence-corrected chi connectivity index (χ2v) is 6.99. The van der Waals surface area contributed by atoms with Crippen molar-refractivity contribution >= 4 is 25.0 Å². The molecule has 1 aliphatic rings. The molecule has 10 heteroatoms. The van der Waals surface area contributed by atoms with Crippen molar-refractivity contribution in [2.75, 3.05) is 13.1 Å². The highest BCUT2D eigenvalue weighted by molar-refractivity contribution is 6.12. The van der Waals surface area contributed by atoms with E-state index in [0.717, 1.165) is 12.8 Å². The number of benzene rings is 1. The van der Waals surface area contributed by atoms with Crippen molar-refractivity contribution in [3.63, 3.8) is 0 Å². The Morgan fingerprint density at radius 3 is 2.52 bits per heavy atom. The molecule has 0 saturated carbocycles. The largest absolute Gasteiger partial charge is 0.441 e. The highest BCUT2D eigenvalue weighted by Gasteiger charge is 2.23. The van der Waals surface area contributed by atoms with Gasteiger partial charge in [-0.25, -0.2) is 14.3 Å². The van der Waals surface area contributed by atoms with Crippen molar-refractivity contribution in [3.05, 3.63) is 46.9 Å². The number of halogens is 2. The number of pyridine rings is 1. The summed E-state index contributed by atoms with van der Waals surface area (Å²) in [5.74, 6) is -0.772. The van der Waals surface area contributed by atoms with E-state index in [0.29, 0.717) is 32.2 Å². The topological polar surface area (TPSA) is 77.6 Å². The first kappa shape index (κ1) is 19.2. The first-order valence-electron chi connectivity index (χ1n) is 9.26. The molecule has 0 radical (unpaired) electrons. The Hall–Kier alpha value is -3.17. The van der Waals surface area contributed by atoms with E-state index >= 15 is 0 Å². The monoisotopic (exact) mass is 401 g/mol. The number of carbonyl (C=O) groups is 1. The van der Waals surface area contributed by atoms with Gasteiger partial charge in [0.25, 0.3) is 0 Å². The Morgan fingerprint density at radius 1 is 1.17 bits per heavy atom. The lowest BCUT2D eigenvalue weighted by atomic mass is 10.1. The van der Waals surface area contributed by atoms with Crippen LogP contribution in [0.25, 0.3) is 22.5 Å². The molecule has 0 bridgehead atoms. The fourth-order valence-electron chi connectivity index (χ4n) is 3.35. The van der Waals surface area contributed by atoms with Crippen molar-refractivity contribution in [2.24, 2.45) is 0 Å². The number of alkyl halides is 2. The zero-order valence-electron chi connectivity index (χ0n) is 15.7. The minimum atomic E-state index is -3.27. The van der Waals surface area contributed by atoms with Crippen LogP contribution < -0.4 is 10.5 Å². The minimum absolute atomic E-state index is 0.0266. The summed E-state index contributed by atoms with van der Waals surface area (Å²) in [6.45, 7) is 1.24. The molecule has 0 atom stereocenters. The second-order valence-electron chi connectivity index (χ2n) is 6.99. The number of amides is 1. The Morgan fingerprint density at radius 2 is 1.86 bits per heavy atom. The summed E-state index contributed by atoms with van der Waals surface area (Å²) in [6.07, 6.45) is 1.91. The van der Waals surface area contributed by atoms with Gasteiger partial charge in [0, 0.05) is 18.7 Å². The van der Waals surface area contributed by atoms with Gasteiger partial charge in [-0.15, -0.1) is 0 Å². The molecule has 0 aliphatic carbocycles. The van der Waals surface area contributed by atoms with Crippen LogP contribution in [0.5, 0.6) is 5.75 Å². The molecule has 3 heterocycles. The van der Waals surface area contributed by atoms with E-state index in [9.17, 15) is 18.4 Å². The van der Waals surface area contributed by atoms with Gasteiger partial charge in [-0.3, -0.25) is 4.79 Å². The van der Waals surface area contributed by atoms with Crippen molar-refractivity contribution in [1.29, 1.82) is 0 Å². The summed E-state index contributed by atoms with van der Waals surface area (Å²) in [6, 6.07) is 5.99. The molecule has 1 amide bonds. The fraction of sp³-hybridized carbons (Fsp3) is 0.316. The van der Waals surface area contributed by atoms with Crippen molar-refractivity contribution in [2.45, 2.75) is 25.4 Å². The number of hydrogen-bond acceptors (Lipinski definition) is 5. The number of hydrogen-bond donors (Lipinski definition) is 0. The molecule has 150 valence electrons. The van der Waals surface area contributed by atoms with E-state index in [1.807, 2.05) is 0 Å². The van der Waals surface area contributed by atoms with Crippen LogP contribution >= 0.6 is 0 Å². The van der Waals surface area contributed by atoms with E-state index in [4.69, 9.17) is 4.42 Å². The molecular formula is C19H18BF2N3O4. The average molecular weight is 401 g/mol. The number of fused-ring (bicyclic) bond motifs is 1. The standard InChI is InChI=1S/C19H18BF2N3O4/c20-19(21,22)29-13-5-3-12(4-6-13)14-7-8-15-17(23-14)25(18(27)28-15)11-16(26)24-9-1-2-10-24/h3-8H,1-2,9-11,20H2. The van der Waals surface area contributed by atoms with E-state index in [2.05, 4.69) is 9.72 Å². The number of likely N-dealkylation sites (tertiary alicyclic amines) is 1. The molecular weight excluding hydrogens is 383 g/mol. The predicted octanol–water partition coefficient (Wildman–Crippen LogP) is 1.84. The maximum Gasteiger partial charge on any atom is 0.421 e. The summed E-state index contributed by atoms with van der Waals surface area (Å²) in [7, 11) is 0.665. The normalized spacial score (nSPS) is 14.5. The molecule has 7 nitrogen and oxygen atoms in total. The number of aromatic nitrogens is 2. The van der Waals surface area contributed by atoms with Crippen molar-refractivity contribution in [1.82, 2.24) is 14.5 Å². The third kappa shape index (κ3) is 4.15. The van der Waals surface area contributed by atoms with Gasteiger partial charge in [0.15, 0.2) is 11.2 Å². The molecule has 0 spiro atoms. The highest BCUT2D eigenvalue weighted by atomic mass is 19.3. The van der Waals surface area contributed by atoms with Crippen LogP contribution in [0.1, 0.15) is 12.8 Å². The molecule has 3 aromatic rings. The van der Waals surface area contributed by atoms with Gasteiger partial charge in [-0.05, 0) is 49.2 Å². The first-order chi connectivity index (χ1) is 13.8. The summed E-state index contributed by atoms with van der Waals surface area (Å²) in [4.78, 5) is 30.8. The SMILES string of the molecule is BC(F)(F)Oc1ccc(-c2ccc3oc(=O)n(CC(=O)N4CCCC4)c3n2)cc1. The van der Waals surface area contributed by atoms with Crippen LogP contribution in [0.3, 0.4) is 0 Å². The van der Waals surface area contributed by atoms with Crippen LogP contribution in [0.2, 0.25) is 0 Å². The average Bonchev–Trinajstić information content (AvgIpc) is 3.30. The summed E-state index contributed by atoms with van der Waals surface area (Å²) in [5, 5.41) is 0. The molecule has 29 heavy (non-hydrogen) atoms. The Balaban J connectivity index is 1.63. The quantitative estimate of drug-likeness (QED) is 0.610. The summed E-state index contributed by atoms with van der Waals surface area (Å²) in [5.41, 5.74) is 1.69. The maximum atomic E-state index is 13.0. The molecule has 1 aliphatic heterocycles. The Bertz CT molecular complexity index is 1100. The molecule has 2 aromatic heterocycles. The Labute approximate surface area is 165 Å². The maximum absolute atomic E-state index is 13.0. The van der Waals surface area contributed by atoms with Gasteiger partial charge in [0.1, 0.15) is 12.3 Å². The van der Waals surface area contributed by atoms with Gasteiger partial charge in [-0.2, -0.15) is 8.78 Å². The lowest BCUT2D eigenvalue weighted by Crippen LogP contribution is -2.33. The summed E-state index contributed by atoms with van der Waals surface area (Å²) < 4.78 is 36.9. The number of oxazole rings is 1. The number of nitrogens with zero attached hydrogens (tertiary/aromatic N) is 3. The van der Waals surface area contributed by atoms with E-state index < -0.39 is 11.8 Å². The predicted molar refractivity (Wildman–Crippen MR) is 104 cm³/mol. The number of carbonyl (C=O) groups excluding carboxylic acids is 1. The van der Waals surface area contributed by atoms with Crippen LogP contribution in [0, 0.1) is 0 Å². The third-order valence-electron chi connectivity index (χ3n) is 4.71.